The van der Waals surface area contributed by atoms with Crippen LogP contribution in [-0.4, -0.2) is 45.6 Å². The summed E-state index contributed by atoms with van der Waals surface area (Å²) in [5.41, 5.74) is 1.34. The van der Waals surface area contributed by atoms with Crippen molar-refractivity contribution < 1.29 is 14.7 Å². The standard InChI is InChI=1S/C15H20N2O3S/c1-9-7-17(8-10(2)21-9)15(20)16-13-6-4-5-12(11(13)3)14(18)19/h4-6,9-10H,7-8H2,1-3H3,(H,16,20)(H,18,19). The molecule has 2 unspecified atom stereocenters. The zero-order valence-corrected chi connectivity index (χ0v) is 13.2. The third-order valence-corrected chi connectivity index (χ3v) is 4.74. The van der Waals surface area contributed by atoms with E-state index in [1.165, 1.54) is 6.07 Å². The van der Waals surface area contributed by atoms with E-state index < -0.39 is 5.97 Å². The predicted molar refractivity (Wildman–Crippen MR) is 85.2 cm³/mol. The lowest BCUT2D eigenvalue weighted by Gasteiger charge is -2.34. The van der Waals surface area contributed by atoms with E-state index in [9.17, 15) is 9.59 Å². The zero-order valence-electron chi connectivity index (χ0n) is 12.4. The summed E-state index contributed by atoms with van der Waals surface area (Å²) >= 11 is 1.88. The molecule has 1 fully saturated rings. The summed E-state index contributed by atoms with van der Waals surface area (Å²) in [4.78, 5) is 25.3. The van der Waals surface area contributed by atoms with E-state index in [0.29, 0.717) is 34.8 Å². The van der Waals surface area contributed by atoms with Gasteiger partial charge in [-0.1, -0.05) is 19.9 Å². The quantitative estimate of drug-likeness (QED) is 0.881. The smallest absolute Gasteiger partial charge is 0.336 e. The lowest BCUT2D eigenvalue weighted by molar-refractivity contribution is 0.0696. The Morgan fingerprint density at radius 2 is 1.90 bits per heavy atom. The maximum Gasteiger partial charge on any atom is 0.336 e. The first-order chi connectivity index (χ1) is 9.88. The van der Waals surface area contributed by atoms with Crippen LogP contribution in [0, 0.1) is 6.92 Å². The van der Waals surface area contributed by atoms with E-state index in [1.54, 1.807) is 24.0 Å². The maximum atomic E-state index is 12.4. The molecule has 0 aromatic heterocycles. The molecule has 2 rings (SSSR count). The van der Waals surface area contributed by atoms with Crippen molar-refractivity contribution in [1.29, 1.82) is 0 Å². The highest BCUT2D eigenvalue weighted by Crippen LogP contribution is 2.26. The number of thioether (sulfide) groups is 1. The summed E-state index contributed by atoms with van der Waals surface area (Å²) in [5, 5.41) is 12.8. The first-order valence-corrected chi connectivity index (χ1v) is 7.87. The molecule has 1 aliphatic heterocycles. The fraction of sp³-hybridized carbons (Fsp3) is 0.467. The average molecular weight is 308 g/mol. The van der Waals surface area contributed by atoms with Gasteiger partial charge < -0.3 is 15.3 Å². The molecule has 114 valence electrons. The highest BCUT2D eigenvalue weighted by atomic mass is 32.2. The van der Waals surface area contributed by atoms with Crippen molar-refractivity contribution in [1.82, 2.24) is 4.90 Å². The Balaban J connectivity index is 2.13. The molecule has 1 aromatic rings. The SMILES string of the molecule is Cc1c(NC(=O)N2CC(C)SC(C)C2)cccc1C(=O)O. The number of hydrogen-bond acceptors (Lipinski definition) is 3. The Bertz CT molecular complexity index is 552. The van der Waals surface area contributed by atoms with Crippen molar-refractivity contribution in [3.63, 3.8) is 0 Å². The fourth-order valence-electron chi connectivity index (χ4n) is 2.54. The van der Waals surface area contributed by atoms with Crippen LogP contribution < -0.4 is 5.32 Å². The topological polar surface area (TPSA) is 69.6 Å². The van der Waals surface area contributed by atoms with Crippen molar-refractivity contribution in [2.24, 2.45) is 0 Å². The van der Waals surface area contributed by atoms with E-state index in [2.05, 4.69) is 19.2 Å². The molecule has 21 heavy (non-hydrogen) atoms. The van der Waals surface area contributed by atoms with Crippen LogP contribution in [0.3, 0.4) is 0 Å². The summed E-state index contributed by atoms with van der Waals surface area (Å²) in [6.07, 6.45) is 0. The third-order valence-electron chi connectivity index (χ3n) is 3.51. The molecule has 1 aliphatic rings. The molecule has 6 heteroatoms. The predicted octanol–water partition coefficient (Wildman–Crippen LogP) is 3.05. The van der Waals surface area contributed by atoms with Gasteiger partial charge in [0.1, 0.15) is 0 Å². The van der Waals surface area contributed by atoms with Crippen LogP contribution in [0.1, 0.15) is 29.8 Å². The Hall–Kier alpha value is -1.69. The third kappa shape index (κ3) is 3.69. The largest absolute Gasteiger partial charge is 0.478 e. The van der Waals surface area contributed by atoms with Crippen LogP contribution in [0.15, 0.2) is 18.2 Å². The molecule has 1 heterocycles. The number of amides is 2. The molecular weight excluding hydrogens is 288 g/mol. The second-order valence-electron chi connectivity index (χ2n) is 5.38. The number of urea groups is 1. The number of hydrogen-bond donors (Lipinski definition) is 2. The number of rotatable bonds is 2. The number of aromatic carboxylic acids is 1. The fourth-order valence-corrected chi connectivity index (χ4v) is 3.87. The van der Waals surface area contributed by atoms with Crippen LogP contribution in [0.25, 0.3) is 0 Å². The molecule has 0 radical (unpaired) electrons. The van der Waals surface area contributed by atoms with Crippen LogP contribution in [-0.2, 0) is 0 Å². The molecule has 2 atom stereocenters. The van der Waals surface area contributed by atoms with Gasteiger partial charge in [-0.2, -0.15) is 11.8 Å². The van der Waals surface area contributed by atoms with Gasteiger partial charge in [0, 0.05) is 29.3 Å². The van der Waals surface area contributed by atoms with Gasteiger partial charge in [0.2, 0.25) is 0 Å². The summed E-state index contributed by atoms with van der Waals surface area (Å²) in [5.74, 6) is -0.986. The highest BCUT2D eigenvalue weighted by molar-refractivity contribution is 8.00. The molecule has 2 N–H and O–H groups in total. The molecule has 0 aliphatic carbocycles. The number of anilines is 1. The molecule has 0 bridgehead atoms. The molecular formula is C15H20N2O3S. The van der Waals surface area contributed by atoms with Crippen molar-refractivity contribution in [3.05, 3.63) is 29.3 Å². The Labute approximate surface area is 128 Å². The van der Waals surface area contributed by atoms with Crippen molar-refractivity contribution >= 4 is 29.4 Å². The van der Waals surface area contributed by atoms with Gasteiger partial charge >= 0.3 is 12.0 Å². The van der Waals surface area contributed by atoms with Gasteiger partial charge in [-0.25, -0.2) is 9.59 Å². The van der Waals surface area contributed by atoms with Gasteiger partial charge in [-0.3, -0.25) is 0 Å². The van der Waals surface area contributed by atoms with Gasteiger partial charge in [-0.15, -0.1) is 0 Å². The molecule has 1 saturated heterocycles. The maximum absolute atomic E-state index is 12.4. The Morgan fingerprint density at radius 3 is 2.48 bits per heavy atom. The molecule has 5 nitrogen and oxygen atoms in total. The lowest BCUT2D eigenvalue weighted by Crippen LogP contribution is -2.46. The van der Waals surface area contributed by atoms with E-state index in [0.717, 1.165) is 0 Å². The minimum Gasteiger partial charge on any atom is -0.478 e. The Kier molecular flexibility index (Phi) is 4.77. The van der Waals surface area contributed by atoms with E-state index in [1.807, 2.05) is 11.8 Å². The minimum atomic E-state index is -0.986. The molecule has 0 spiro atoms. The molecule has 0 saturated carbocycles. The number of carboxylic acids is 1. The highest BCUT2D eigenvalue weighted by Gasteiger charge is 2.26. The normalized spacial score (nSPS) is 22.0. The monoisotopic (exact) mass is 308 g/mol. The minimum absolute atomic E-state index is 0.167. The van der Waals surface area contributed by atoms with Crippen molar-refractivity contribution in [2.75, 3.05) is 18.4 Å². The number of benzene rings is 1. The summed E-state index contributed by atoms with van der Waals surface area (Å²) in [6.45, 7) is 7.33. The number of nitrogens with one attached hydrogen (secondary N) is 1. The number of carbonyl (C=O) groups is 2. The van der Waals surface area contributed by atoms with E-state index in [-0.39, 0.29) is 11.6 Å². The average Bonchev–Trinajstić information content (AvgIpc) is 2.39. The number of carbonyl (C=O) groups excluding carboxylic acids is 1. The summed E-state index contributed by atoms with van der Waals surface area (Å²) in [6, 6.07) is 4.74. The van der Waals surface area contributed by atoms with Gasteiger partial charge in [-0.05, 0) is 24.6 Å². The van der Waals surface area contributed by atoms with Crippen molar-refractivity contribution in [3.8, 4) is 0 Å². The lowest BCUT2D eigenvalue weighted by atomic mass is 10.1. The van der Waals surface area contributed by atoms with E-state index >= 15 is 0 Å². The number of nitrogens with zero attached hydrogens (tertiary/aromatic N) is 1. The first kappa shape index (κ1) is 15.7. The zero-order chi connectivity index (χ0) is 15.6. The van der Waals surface area contributed by atoms with Crippen LogP contribution in [0.4, 0.5) is 10.5 Å². The molecule has 2 amide bonds. The number of carboxylic acid groups (broad SMARTS) is 1. The van der Waals surface area contributed by atoms with Gasteiger partial charge in [0.15, 0.2) is 0 Å². The second-order valence-corrected chi connectivity index (χ2v) is 7.26. The van der Waals surface area contributed by atoms with Crippen LogP contribution in [0.5, 0.6) is 0 Å². The second kappa shape index (κ2) is 6.39. The first-order valence-electron chi connectivity index (χ1n) is 6.92. The van der Waals surface area contributed by atoms with Crippen molar-refractivity contribution in [2.45, 2.75) is 31.3 Å². The summed E-state index contributed by atoms with van der Waals surface area (Å²) < 4.78 is 0. The Morgan fingerprint density at radius 1 is 1.29 bits per heavy atom. The molecule has 1 aromatic carbocycles. The van der Waals surface area contributed by atoms with Crippen LogP contribution in [0.2, 0.25) is 0 Å². The van der Waals surface area contributed by atoms with Crippen LogP contribution >= 0.6 is 11.8 Å². The summed E-state index contributed by atoms with van der Waals surface area (Å²) in [7, 11) is 0. The van der Waals surface area contributed by atoms with E-state index in [4.69, 9.17) is 5.11 Å². The van der Waals surface area contributed by atoms with Gasteiger partial charge in [0.25, 0.3) is 0 Å². The van der Waals surface area contributed by atoms with Gasteiger partial charge in [0.05, 0.1) is 5.56 Å².